The average Bonchev–Trinajstić information content (AvgIpc) is 2.27. The normalized spacial score (nSPS) is 12.6. The van der Waals surface area contributed by atoms with Crippen molar-refractivity contribution in [1.29, 1.82) is 0 Å². The van der Waals surface area contributed by atoms with Crippen LogP contribution in [-0.2, 0) is 4.79 Å². The van der Waals surface area contributed by atoms with E-state index in [0.717, 1.165) is 0 Å². The first-order valence-corrected chi connectivity index (χ1v) is 4.23. The fourth-order valence-electron chi connectivity index (χ4n) is 1.15. The van der Waals surface area contributed by atoms with Crippen LogP contribution in [0.15, 0.2) is 24.7 Å². The van der Waals surface area contributed by atoms with Gasteiger partial charge in [-0.2, -0.15) is 0 Å². The number of aliphatic carboxylic acids is 1. The lowest BCUT2D eigenvalue weighted by Gasteiger charge is -2.05. The summed E-state index contributed by atoms with van der Waals surface area (Å²) in [6, 6.07) is 0.542. The van der Waals surface area contributed by atoms with E-state index in [1.54, 1.807) is 12.3 Å². The number of nitrogens with two attached hydrogens (primary N) is 1. The lowest BCUT2D eigenvalue weighted by Crippen LogP contribution is -2.22. The van der Waals surface area contributed by atoms with Crippen LogP contribution in [0.3, 0.4) is 0 Å². The van der Waals surface area contributed by atoms with Crippen LogP contribution >= 0.6 is 0 Å². The Morgan fingerprint density at radius 3 is 2.93 bits per heavy atom. The number of nitrogens with zero attached hydrogens (tertiary/aromatic N) is 3. The van der Waals surface area contributed by atoms with Crippen LogP contribution in [-0.4, -0.2) is 26.0 Å². The monoisotopic (exact) mass is 204 g/mol. The van der Waals surface area contributed by atoms with Gasteiger partial charge in [0.05, 0.1) is 23.6 Å². The molecule has 6 nitrogen and oxygen atoms in total. The van der Waals surface area contributed by atoms with Gasteiger partial charge in [0.15, 0.2) is 0 Å². The molecule has 0 radical (unpaired) electrons. The molecule has 0 fully saturated rings. The molecule has 1 unspecified atom stereocenters. The number of hydrogen-bond donors (Lipinski definition) is 2. The predicted octanol–water partition coefficient (Wildman–Crippen LogP) is 0.109. The van der Waals surface area contributed by atoms with Gasteiger partial charge in [0.2, 0.25) is 0 Å². The lowest BCUT2D eigenvalue weighted by atomic mass is 10.2. The van der Waals surface area contributed by atoms with Gasteiger partial charge in [-0.1, -0.05) is 0 Å². The third-order valence-corrected chi connectivity index (χ3v) is 1.95. The predicted molar refractivity (Wildman–Crippen MR) is 51.9 cm³/mol. The molecule has 15 heavy (non-hydrogen) atoms. The highest BCUT2D eigenvalue weighted by Crippen LogP contribution is 2.11. The smallest absolute Gasteiger partial charge is 0.326 e. The fourth-order valence-corrected chi connectivity index (χ4v) is 1.15. The van der Waals surface area contributed by atoms with E-state index in [2.05, 4.69) is 15.0 Å². The molecular weight excluding hydrogens is 196 g/mol. The van der Waals surface area contributed by atoms with Crippen molar-refractivity contribution in [3.63, 3.8) is 0 Å². The molecule has 1 atom stereocenters. The third-order valence-electron chi connectivity index (χ3n) is 1.95. The second kappa shape index (κ2) is 3.58. The van der Waals surface area contributed by atoms with Gasteiger partial charge in [-0.25, -0.2) is 4.98 Å². The van der Waals surface area contributed by atoms with E-state index in [9.17, 15) is 4.79 Å². The lowest BCUT2D eigenvalue weighted by molar-refractivity contribution is -0.138. The molecule has 6 heteroatoms. The minimum atomic E-state index is -1.15. The van der Waals surface area contributed by atoms with Crippen molar-refractivity contribution >= 4 is 17.0 Å². The molecule has 0 aliphatic rings. The summed E-state index contributed by atoms with van der Waals surface area (Å²) in [5.74, 6) is -1.13. The van der Waals surface area contributed by atoms with Crippen LogP contribution in [0.25, 0.3) is 11.0 Å². The van der Waals surface area contributed by atoms with Crippen molar-refractivity contribution in [1.82, 2.24) is 15.0 Å². The van der Waals surface area contributed by atoms with Gasteiger partial charge in [-0.15, -0.1) is 0 Å². The summed E-state index contributed by atoms with van der Waals surface area (Å²) in [6.07, 6.45) is 4.47. The van der Waals surface area contributed by atoms with Crippen molar-refractivity contribution in [2.45, 2.75) is 6.04 Å². The second-order valence-electron chi connectivity index (χ2n) is 2.98. The van der Waals surface area contributed by atoms with E-state index in [0.29, 0.717) is 11.0 Å². The maximum Gasteiger partial charge on any atom is 0.326 e. The number of carbonyl (C=O) groups is 1. The molecule has 0 amide bonds. The van der Waals surface area contributed by atoms with Crippen molar-refractivity contribution in [2.24, 2.45) is 5.73 Å². The van der Waals surface area contributed by atoms with Crippen molar-refractivity contribution in [3.8, 4) is 0 Å². The Bertz CT molecular complexity index is 514. The number of carboxylic acid groups (broad SMARTS) is 1. The molecule has 0 saturated heterocycles. The van der Waals surface area contributed by atoms with Crippen LogP contribution in [0.4, 0.5) is 0 Å². The highest BCUT2D eigenvalue weighted by atomic mass is 16.4. The number of hydrogen-bond acceptors (Lipinski definition) is 5. The topological polar surface area (TPSA) is 102 Å². The Hall–Kier alpha value is -2.08. The number of aromatic nitrogens is 3. The van der Waals surface area contributed by atoms with Crippen molar-refractivity contribution in [2.75, 3.05) is 0 Å². The van der Waals surface area contributed by atoms with Gasteiger partial charge in [0.1, 0.15) is 11.6 Å². The molecule has 0 aliphatic heterocycles. The number of fused-ring (bicyclic) bond motifs is 1. The molecule has 0 spiro atoms. The maximum atomic E-state index is 10.6. The standard InChI is InChI=1S/C9H8N4O2/c10-8(9(14)15)7-4-12-5-1-2-11-3-6(5)13-7/h1-4,8H,10H2,(H,14,15). The number of rotatable bonds is 2. The van der Waals surface area contributed by atoms with Gasteiger partial charge in [-0.05, 0) is 6.07 Å². The fraction of sp³-hybridized carbons (Fsp3) is 0.111. The molecule has 0 aromatic carbocycles. The van der Waals surface area contributed by atoms with Crippen molar-refractivity contribution in [3.05, 3.63) is 30.4 Å². The molecule has 0 aliphatic carbocycles. The van der Waals surface area contributed by atoms with E-state index >= 15 is 0 Å². The van der Waals surface area contributed by atoms with Crippen LogP contribution in [0.1, 0.15) is 11.7 Å². The Kier molecular flexibility index (Phi) is 2.26. The summed E-state index contributed by atoms with van der Waals surface area (Å²) < 4.78 is 0. The highest BCUT2D eigenvalue weighted by Gasteiger charge is 2.16. The molecule has 0 saturated carbocycles. The Labute approximate surface area is 84.8 Å². The second-order valence-corrected chi connectivity index (χ2v) is 2.98. The first-order chi connectivity index (χ1) is 7.18. The molecule has 2 heterocycles. The minimum Gasteiger partial charge on any atom is -0.480 e. The van der Waals surface area contributed by atoms with E-state index in [1.807, 2.05) is 0 Å². The van der Waals surface area contributed by atoms with Gasteiger partial charge in [0.25, 0.3) is 0 Å². The van der Waals surface area contributed by atoms with Gasteiger partial charge < -0.3 is 10.8 Å². The van der Waals surface area contributed by atoms with Crippen LogP contribution in [0.5, 0.6) is 0 Å². The summed E-state index contributed by atoms with van der Waals surface area (Å²) in [6.45, 7) is 0. The largest absolute Gasteiger partial charge is 0.480 e. The van der Waals surface area contributed by atoms with Crippen LogP contribution < -0.4 is 5.73 Å². The van der Waals surface area contributed by atoms with E-state index in [4.69, 9.17) is 10.8 Å². The van der Waals surface area contributed by atoms with E-state index in [-0.39, 0.29) is 5.69 Å². The van der Waals surface area contributed by atoms with Gasteiger partial charge in [-0.3, -0.25) is 14.8 Å². The zero-order chi connectivity index (χ0) is 10.8. The molecule has 2 rings (SSSR count). The van der Waals surface area contributed by atoms with Crippen molar-refractivity contribution < 1.29 is 9.90 Å². The van der Waals surface area contributed by atoms with E-state index in [1.165, 1.54) is 12.4 Å². The first-order valence-electron chi connectivity index (χ1n) is 4.23. The summed E-state index contributed by atoms with van der Waals surface area (Å²) >= 11 is 0. The first kappa shape index (κ1) is 9.47. The van der Waals surface area contributed by atoms with Gasteiger partial charge in [0, 0.05) is 6.20 Å². The zero-order valence-corrected chi connectivity index (χ0v) is 7.66. The highest BCUT2D eigenvalue weighted by molar-refractivity contribution is 5.77. The zero-order valence-electron chi connectivity index (χ0n) is 7.66. The molecule has 0 bridgehead atoms. The molecular formula is C9H8N4O2. The molecule has 2 aromatic rings. The summed E-state index contributed by atoms with van der Waals surface area (Å²) in [7, 11) is 0. The maximum absolute atomic E-state index is 10.6. The van der Waals surface area contributed by atoms with E-state index < -0.39 is 12.0 Å². The average molecular weight is 204 g/mol. The Balaban J connectivity index is 2.51. The summed E-state index contributed by atoms with van der Waals surface area (Å²) in [5, 5.41) is 8.70. The Morgan fingerprint density at radius 1 is 1.40 bits per heavy atom. The van der Waals surface area contributed by atoms with Gasteiger partial charge >= 0.3 is 5.97 Å². The molecule has 76 valence electrons. The number of pyridine rings is 1. The minimum absolute atomic E-state index is 0.225. The number of carboxylic acids is 1. The molecule has 2 aromatic heterocycles. The third kappa shape index (κ3) is 1.75. The quantitative estimate of drug-likeness (QED) is 0.719. The summed E-state index contributed by atoms with van der Waals surface area (Å²) in [4.78, 5) is 22.6. The van der Waals surface area contributed by atoms with Crippen LogP contribution in [0, 0.1) is 0 Å². The van der Waals surface area contributed by atoms with Crippen LogP contribution in [0.2, 0.25) is 0 Å². The summed E-state index contributed by atoms with van der Waals surface area (Å²) in [5.41, 5.74) is 6.82. The molecule has 3 N–H and O–H groups in total. The SMILES string of the molecule is NC(C(=O)O)c1cnc2ccncc2n1. The Morgan fingerprint density at radius 2 is 2.20 bits per heavy atom.